The van der Waals surface area contributed by atoms with E-state index >= 15 is 0 Å². The van der Waals surface area contributed by atoms with Crippen LogP contribution in [0, 0.1) is 18.8 Å². The number of nitrogens with one attached hydrogen (secondary N) is 1. The number of aromatic nitrogens is 1. The highest BCUT2D eigenvalue weighted by molar-refractivity contribution is 6.00. The molecule has 2 heterocycles. The number of benzene rings is 2. The van der Waals surface area contributed by atoms with Crippen LogP contribution in [0.2, 0.25) is 0 Å². The van der Waals surface area contributed by atoms with E-state index in [9.17, 15) is 0 Å². The van der Waals surface area contributed by atoms with Crippen molar-refractivity contribution < 1.29 is 0 Å². The van der Waals surface area contributed by atoms with Crippen LogP contribution in [0.5, 0.6) is 0 Å². The molecular weight excluding hydrogens is 332 g/mol. The summed E-state index contributed by atoms with van der Waals surface area (Å²) in [6, 6.07) is 16.2. The largest absolute Gasteiger partial charge is 0.383 e. The highest BCUT2D eigenvalue weighted by Gasteiger charge is 2.25. The summed E-state index contributed by atoms with van der Waals surface area (Å²) in [7, 11) is 0. The fourth-order valence-corrected chi connectivity index (χ4v) is 3.27. The third-order valence-electron chi connectivity index (χ3n) is 4.71. The number of aliphatic imine (C=N–C) groups is 1. The highest BCUT2D eigenvalue weighted by atomic mass is 15.1. The fourth-order valence-electron chi connectivity index (χ4n) is 3.27. The number of pyridine rings is 1. The van der Waals surface area contributed by atoms with Crippen LogP contribution in [0.25, 0.3) is 10.8 Å². The van der Waals surface area contributed by atoms with Crippen molar-refractivity contribution in [3.63, 3.8) is 0 Å². The molecule has 4 heteroatoms. The van der Waals surface area contributed by atoms with Crippen molar-refractivity contribution in [2.45, 2.75) is 26.3 Å². The molecule has 0 spiro atoms. The Kier molecular flexibility index (Phi) is 4.08. The number of amidine groups is 1. The molecule has 2 aromatic carbocycles. The molecule has 134 valence electrons. The van der Waals surface area contributed by atoms with Gasteiger partial charge >= 0.3 is 0 Å². The van der Waals surface area contributed by atoms with E-state index in [1.54, 1.807) is 0 Å². The standard InChI is InChI=1S/C23H22N4/c1-15-18-6-4-5-7-19(18)20(21(24)26-15)13-10-16-8-11-17(12-9-16)22-25-14-23(2,3)27-22/h4-9,11-12H,14H2,1-3H3,(H2,24,26)(H,25,27). The zero-order chi connectivity index (χ0) is 19.0. The van der Waals surface area contributed by atoms with E-state index in [-0.39, 0.29) is 5.54 Å². The number of fused-ring (bicyclic) bond motifs is 1. The van der Waals surface area contributed by atoms with Crippen molar-refractivity contribution in [1.29, 1.82) is 0 Å². The average molecular weight is 354 g/mol. The van der Waals surface area contributed by atoms with E-state index in [0.29, 0.717) is 5.82 Å². The minimum Gasteiger partial charge on any atom is -0.383 e. The van der Waals surface area contributed by atoms with Crippen LogP contribution in [-0.4, -0.2) is 22.9 Å². The minimum absolute atomic E-state index is 0.0187. The molecule has 0 bridgehead atoms. The number of rotatable bonds is 1. The molecule has 3 aromatic rings. The Hall–Kier alpha value is -3.32. The molecule has 0 saturated heterocycles. The van der Waals surface area contributed by atoms with Gasteiger partial charge < -0.3 is 11.1 Å². The molecule has 0 saturated carbocycles. The van der Waals surface area contributed by atoms with Crippen LogP contribution in [0.4, 0.5) is 5.82 Å². The maximum atomic E-state index is 6.15. The summed E-state index contributed by atoms with van der Waals surface area (Å²) in [6.07, 6.45) is 0. The Labute approximate surface area is 159 Å². The zero-order valence-corrected chi connectivity index (χ0v) is 15.8. The van der Waals surface area contributed by atoms with Gasteiger partial charge in [-0.15, -0.1) is 0 Å². The lowest BCUT2D eigenvalue weighted by Crippen LogP contribution is -2.39. The van der Waals surface area contributed by atoms with Crippen molar-refractivity contribution >= 4 is 22.4 Å². The fraction of sp³-hybridized carbons (Fsp3) is 0.217. The molecule has 0 unspecified atom stereocenters. The normalized spacial score (nSPS) is 15.0. The lowest BCUT2D eigenvalue weighted by molar-refractivity contribution is 0.506. The predicted molar refractivity (Wildman–Crippen MR) is 112 cm³/mol. The smallest absolute Gasteiger partial charge is 0.140 e. The Morgan fingerprint density at radius 2 is 1.70 bits per heavy atom. The Bertz CT molecular complexity index is 1110. The zero-order valence-electron chi connectivity index (χ0n) is 15.8. The number of hydrogen-bond donors (Lipinski definition) is 2. The third kappa shape index (κ3) is 3.37. The monoisotopic (exact) mass is 354 g/mol. The molecule has 4 rings (SSSR count). The number of nitrogen functional groups attached to an aromatic ring is 1. The van der Waals surface area contributed by atoms with Crippen LogP contribution >= 0.6 is 0 Å². The van der Waals surface area contributed by atoms with Crippen LogP contribution < -0.4 is 11.1 Å². The van der Waals surface area contributed by atoms with Crippen LogP contribution in [0.3, 0.4) is 0 Å². The summed E-state index contributed by atoms with van der Waals surface area (Å²) < 4.78 is 0. The molecule has 27 heavy (non-hydrogen) atoms. The summed E-state index contributed by atoms with van der Waals surface area (Å²) in [4.78, 5) is 9.03. The number of aryl methyl sites for hydroxylation is 1. The second-order valence-electron chi connectivity index (χ2n) is 7.50. The molecule has 4 nitrogen and oxygen atoms in total. The van der Waals surface area contributed by atoms with Gasteiger partial charge in [-0.1, -0.05) is 48.2 Å². The molecule has 1 aliphatic heterocycles. The summed E-state index contributed by atoms with van der Waals surface area (Å²) in [6.45, 7) is 7.05. The van der Waals surface area contributed by atoms with E-state index < -0.39 is 0 Å². The van der Waals surface area contributed by atoms with Crippen molar-refractivity contribution in [1.82, 2.24) is 10.3 Å². The second-order valence-corrected chi connectivity index (χ2v) is 7.50. The molecular formula is C23H22N4. The molecule has 0 fully saturated rings. The summed E-state index contributed by atoms with van der Waals surface area (Å²) in [5, 5.41) is 5.57. The second kappa shape index (κ2) is 6.44. The molecule has 1 aromatic heterocycles. The van der Waals surface area contributed by atoms with Crippen molar-refractivity contribution in [3.8, 4) is 11.8 Å². The van der Waals surface area contributed by atoms with Crippen molar-refractivity contribution in [2.75, 3.05) is 12.3 Å². The molecule has 0 atom stereocenters. The minimum atomic E-state index is 0.0187. The van der Waals surface area contributed by atoms with E-state index in [1.165, 1.54) is 0 Å². The van der Waals surface area contributed by atoms with Gasteiger partial charge in [0.1, 0.15) is 11.7 Å². The third-order valence-corrected chi connectivity index (χ3v) is 4.71. The predicted octanol–water partition coefficient (Wildman–Crippen LogP) is 3.65. The maximum Gasteiger partial charge on any atom is 0.140 e. The maximum absolute atomic E-state index is 6.15. The molecule has 0 radical (unpaired) electrons. The summed E-state index contributed by atoms with van der Waals surface area (Å²) in [5.41, 5.74) is 9.88. The number of anilines is 1. The first kappa shape index (κ1) is 17.1. The Morgan fingerprint density at radius 1 is 1.00 bits per heavy atom. The van der Waals surface area contributed by atoms with Crippen LogP contribution in [-0.2, 0) is 0 Å². The van der Waals surface area contributed by atoms with Gasteiger partial charge in [0.25, 0.3) is 0 Å². The SMILES string of the molecule is Cc1nc(N)c(C#Cc2ccc(C3=NCC(C)(C)N3)cc2)c2ccccc12. The Balaban J connectivity index is 1.65. The Morgan fingerprint density at radius 3 is 2.37 bits per heavy atom. The van der Waals surface area contributed by atoms with Gasteiger partial charge in [0, 0.05) is 27.6 Å². The number of hydrogen-bond acceptors (Lipinski definition) is 4. The summed E-state index contributed by atoms with van der Waals surface area (Å²) in [5.74, 6) is 7.85. The molecule has 1 aliphatic rings. The number of nitrogens with two attached hydrogens (primary N) is 1. The lowest BCUT2D eigenvalue weighted by atomic mass is 10.0. The van der Waals surface area contributed by atoms with E-state index in [0.717, 1.165) is 45.5 Å². The first-order chi connectivity index (χ1) is 12.9. The van der Waals surface area contributed by atoms with Crippen molar-refractivity contribution in [2.24, 2.45) is 4.99 Å². The van der Waals surface area contributed by atoms with Gasteiger partial charge in [0.15, 0.2) is 0 Å². The van der Waals surface area contributed by atoms with Gasteiger partial charge in [-0.3, -0.25) is 4.99 Å². The summed E-state index contributed by atoms with van der Waals surface area (Å²) >= 11 is 0. The molecule has 0 aliphatic carbocycles. The van der Waals surface area contributed by atoms with Crippen molar-refractivity contribution in [3.05, 3.63) is 70.9 Å². The van der Waals surface area contributed by atoms with E-state index in [4.69, 9.17) is 5.73 Å². The highest BCUT2D eigenvalue weighted by Crippen LogP contribution is 2.24. The lowest BCUT2D eigenvalue weighted by Gasteiger charge is -2.18. The first-order valence-corrected chi connectivity index (χ1v) is 9.03. The van der Waals surface area contributed by atoms with Gasteiger partial charge in [-0.25, -0.2) is 4.98 Å². The average Bonchev–Trinajstić information content (AvgIpc) is 3.02. The number of nitrogens with zero attached hydrogens (tertiary/aromatic N) is 2. The topological polar surface area (TPSA) is 63.3 Å². The van der Waals surface area contributed by atoms with Gasteiger partial charge in [-0.2, -0.15) is 0 Å². The molecule has 0 amide bonds. The molecule has 3 N–H and O–H groups in total. The van der Waals surface area contributed by atoms with Gasteiger partial charge in [0.2, 0.25) is 0 Å². The van der Waals surface area contributed by atoms with Gasteiger partial charge in [-0.05, 0) is 32.9 Å². The first-order valence-electron chi connectivity index (χ1n) is 9.03. The van der Waals surface area contributed by atoms with Crippen LogP contribution in [0.1, 0.15) is 36.2 Å². The quantitative estimate of drug-likeness (QED) is 0.656. The van der Waals surface area contributed by atoms with Gasteiger partial charge in [0.05, 0.1) is 17.6 Å². The van der Waals surface area contributed by atoms with E-state index in [2.05, 4.69) is 41.0 Å². The van der Waals surface area contributed by atoms with E-state index in [1.807, 2.05) is 55.5 Å². The van der Waals surface area contributed by atoms with Crippen LogP contribution in [0.15, 0.2) is 53.5 Å².